The molecule has 1 nitrogen and oxygen atoms in total. The van der Waals surface area contributed by atoms with Crippen LogP contribution in [0.25, 0.3) is 5.57 Å². The predicted octanol–water partition coefficient (Wildman–Crippen LogP) is 9.29. The third-order valence-corrected chi connectivity index (χ3v) is 10.1. The van der Waals surface area contributed by atoms with Crippen LogP contribution in [-0.2, 0) is 4.79 Å². The highest BCUT2D eigenvalue weighted by Crippen LogP contribution is 2.63. The van der Waals surface area contributed by atoms with Gasteiger partial charge in [-0.2, -0.15) is 0 Å². The number of carbonyl (C=O) groups excluding carboxylic acids is 1. The number of allylic oxidation sites excluding steroid dienone is 4. The number of ketones is 1. The van der Waals surface area contributed by atoms with Crippen molar-refractivity contribution in [2.45, 2.75) is 98.8 Å². The standard InChI is InChI=1S/C33H48O/c1-23(2)10-9-11-25(4)31-18-19-32-30-17-16-28(34)22-27(26-12-7-6-8-13-26)15-14-24(3)29(30)20-21-33(31,32)5/h6-8,12-15,23,25,29-32H,9-11,16-22H2,1-5H3/b24-14+,27-15+/t25-,29-,30-,31-,32+,33-/m1/s1. The Morgan fingerprint density at radius 2 is 1.74 bits per heavy atom. The van der Waals surface area contributed by atoms with Crippen LogP contribution in [0.1, 0.15) is 104 Å². The van der Waals surface area contributed by atoms with Gasteiger partial charge in [-0.3, -0.25) is 4.79 Å². The van der Waals surface area contributed by atoms with Gasteiger partial charge in [0.2, 0.25) is 0 Å². The first-order chi connectivity index (χ1) is 16.3. The summed E-state index contributed by atoms with van der Waals surface area (Å²) in [6.45, 7) is 12.3. The number of rotatable bonds is 6. The van der Waals surface area contributed by atoms with E-state index in [0.717, 1.165) is 36.5 Å². The minimum Gasteiger partial charge on any atom is -0.299 e. The van der Waals surface area contributed by atoms with Crippen LogP contribution in [0.4, 0.5) is 0 Å². The molecule has 6 atom stereocenters. The zero-order valence-electron chi connectivity index (χ0n) is 22.5. The van der Waals surface area contributed by atoms with Gasteiger partial charge in [-0.05, 0) is 91.1 Å². The van der Waals surface area contributed by atoms with E-state index in [1.807, 2.05) is 0 Å². The van der Waals surface area contributed by atoms with Crippen LogP contribution < -0.4 is 0 Å². The fourth-order valence-electron chi connectivity index (χ4n) is 8.17. The monoisotopic (exact) mass is 460 g/mol. The van der Waals surface area contributed by atoms with E-state index >= 15 is 0 Å². The van der Waals surface area contributed by atoms with E-state index in [4.69, 9.17) is 0 Å². The van der Waals surface area contributed by atoms with Crippen molar-refractivity contribution < 1.29 is 4.79 Å². The van der Waals surface area contributed by atoms with Crippen molar-refractivity contribution >= 4 is 11.4 Å². The summed E-state index contributed by atoms with van der Waals surface area (Å²) < 4.78 is 0. The SMILES string of the molecule is C/C1=C\C=C(\c2ccccc2)CC(=O)CC[C@@H]2[C@@H]1CC[C@]1(C)[C@@H]([C@H](C)CCCC(C)C)CC[C@@H]21. The molecule has 0 spiro atoms. The van der Waals surface area contributed by atoms with Crippen LogP contribution in [0.2, 0.25) is 0 Å². The molecule has 0 bridgehead atoms. The second-order valence-corrected chi connectivity index (χ2v) is 12.6. The Morgan fingerprint density at radius 3 is 2.47 bits per heavy atom. The summed E-state index contributed by atoms with van der Waals surface area (Å²) in [5, 5.41) is 0. The Balaban J connectivity index is 1.54. The Kier molecular flexibility index (Phi) is 8.21. The van der Waals surface area contributed by atoms with Crippen LogP contribution in [0.5, 0.6) is 0 Å². The van der Waals surface area contributed by atoms with Crippen molar-refractivity contribution in [3.8, 4) is 0 Å². The molecule has 0 unspecified atom stereocenters. The molecule has 0 amide bonds. The lowest BCUT2D eigenvalue weighted by molar-refractivity contribution is -0.118. The van der Waals surface area contributed by atoms with Gasteiger partial charge in [-0.1, -0.05) is 95.0 Å². The third kappa shape index (κ3) is 5.44. The van der Waals surface area contributed by atoms with E-state index in [1.165, 1.54) is 56.1 Å². The van der Waals surface area contributed by atoms with Gasteiger partial charge in [0.05, 0.1) is 0 Å². The maximum absolute atomic E-state index is 13.1. The highest BCUT2D eigenvalue weighted by atomic mass is 16.1. The first-order valence-corrected chi connectivity index (χ1v) is 14.2. The molecule has 0 saturated heterocycles. The lowest BCUT2D eigenvalue weighted by Gasteiger charge is -2.50. The van der Waals surface area contributed by atoms with E-state index < -0.39 is 0 Å². The molecule has 34 heavy (non-hydrogen) atoms. The van der Waals surface area contributed by atoms with Gasteiger partial charge in [-0.25, -0.2) is 0 Å². The summed E-state index contributed by atoms with van der Waals surface area (Å²) in [5.41, 5.74) is 4.39. The van der Waals surface area contributed by atoms with Crippen molar-refractivity contribution in [3.63, 3.8) is 0 Å². The quantitative estimate of drug-likeness (QED) is 0.413. The van der Waals surface area contributed by atoms with E-state index in [1.54, 1.807) is 5.57 Å². The van der Waals surface area contributed by atoms with Gasteiger partial charge in [-0.15, -0.1) is 0 Å². The molecule has 2 saturated carbocycles. The lowest BCUT2D eigenvalue weighted by atomic mass is 9.54. The summed E-state index contributed by atoms with van der Waals surface area (Å²) in [7, 11) is 0. The summed E-state index contributed by atoms with van der Waals surface area (Å²) in [5.74, 6) is 5.06. The molecule has 3 aliphatic rings. The number of carbonyl (C=O) groups is 1. The summed E-state index contributed by atoms with van der Waals surface area (Å²) in [6, 6.07) is 10.5. The Hall–Kier alpha value is -1.63. The molecule has 0 N–H and O–H groups in total. The molecule has 0 aliphatic heterocycles. The van der Waals surface area contributed by atoms with Crippen molar-refractivity contribution in [2.24, 2.45) is 40.9 Å². The van der Waals surface area contributed by atoms with Crippen molar-refractivity contribution in [1.82, 2.24) is 0 Å². The second kappa shape index (κ2) is 11.0. The van der Waals surface area contributed by atoms with E-state index in [-0.39, 0.29) is 0 Å². The Morgan fingerprint density at radius 1 is 0.971 bits per heavy atom. The van der Waals surface area contributed by atoms with Crippen LogP contribution >= 0.6 is 0 Å². The highest BCUT2D eigenvalue weighted by molar-refractivity contribution is 5.90. The number of benzene rings is 1. The summed E-state index contributed by atoms with van der Waals surface area (Å²) >= 11 is 0. The fourth-order valence-corrected chi connectivity index (χ4v) is 8.17. The normalized spacial score (nSPS) is 36.1. The van der Waals surface area contributed by atoms with Crippen molar-refractivity contribution in [3.05, 3.63) is 53.6 Å². The molecule has 1 aromatic rings. The van der Waals surface area contributed by atoms with Gasteiger partial charge < -0.3 is 0 Å². The lowest BCUT2D eigenvalue weighted by Crippen LogP contribution is -2.43. The molecule has 4 rings (SSSR count). The minimum absolute atomic E-state index is 0.422. The Labute approximate surface area is 209 Å². The fraction of sp³-hybridized carbons (Fsp3) is 0.667. The maximum atomic E-state index is 13.1. The number of Topliss-reactive ketones (excluding diaryl/α,β-unsaturated/α-hetero) is 1. The molecule has 1 aromatic carbocycles. The highest BCUT2D eigenvalue weighted by Gasteiger charge is 2.54. The van der Waals surface area contributed by atoms with Crippen LogP contribution in [0, 0.1) is 40.9 Å². The van der Waals surface area contributed by atoms with Crippen LogP contribution in [0.3, 0.4) is 0 Å². The van der Waals surface area contributed by atoms with E-state index in [0.29, 0.717) is 29.5 Å². The zero-order chi connectivity index (χ0) is 24.3. The second-order valence-electron chi connectivity index (χ2n) is 12.6. The largest absolute Gasteiger partial charge is 0.299 e. The predicted molar refractivity (Wildman–Crippen MR) is 145 cm³/mol. The smallest absolute Gasteiger partial charge is 0.137 e. The first-order valence-electron chi connectivity index (χ1n) is 14.2. The number of hydrogen-bond donors (Lipinski definition) is 0. The van der Waals surface area contributed by atoms with E-state index in [2.05, 4.69) is 77.1 Å². The first kappa shape index (κ1) is 25.5. The number of hydrogen-bond acceptors (Lipinski definition) is 1. The van der Waals surface area contributed by atoms with Crippen molar-refractivity contribution in [2.75, 3.05) is 0 Å². The third-order valence-electron chi connectivity index (χ3n) is 10.1. The van der Waals surface area contributed by atoms with Crippen LogP contribution in [0.15, 0.2) is 48.1 Å². The molecule has 186 valence electrons. The molecule has 2 fully saturated rings. The van der Waals surface area contributed by atoms with Gasteiger partial charge in [0.15, 0.2) is 0 Å². The van der Waals surface area contributed by atoms with Gasteiger partial charge in [0, 0.05) is 12.8 Å². The average Bonchev–Trinajstić information content (AvgIpc) is 3.17. The average molecular weight is 461 g/mol. The van der Waals surface area contributed by atoms with Gasteiger partial charge >= 0.3 is 0 Å². The molecular formula is C33H48O. The molecule has 3 aliphatic carbocycles. The molecular weight excluding hydrogens is 412 g/mol. The molecule has 1 heteroatoms. The molecule has 0 radical (unpaired) electrons. The number of fused-ring (bicyclic) bond motifs is 3. The maximum Gasteiger partial charge on any atom is 0.137 e. The van der Waals surface area contributed by atoms with Gasteiger partial charge in [0.1, 0.15) is 5.78 Å². The topological polar surface area (TPSA) is 17.1 Å². The zero-order valence-corrected chi connectivity index (χ0v) is 22.5. The van der Waals surface area contributed by atoms with Crippen molar-refractivity contribution in [1.29, 1.82) is 0 Å². The summed E-state index contributed by atoms with van der Waals surface area (Å²) in [6.07, 6.45) is 16.6. The van der Waals surface area contributed by atoms with Crippen LogP contribution in [-0.4, -0.2) is 5.78 Å². The van der Waals surface area contributed by atoms with E-state index in [9.17, 15) is 4.79 Å². The molecule has 0 heterocycles. The Bertz CT molecular complexity index is 890. The minimum atomic E-state index is 0.422. The van der Waals surface area contributed by atoms with Gasteiger partial charge in [0.25, 0.3) is 0 Å². The molecule has 0 aromatic heterocycles. The summed E-state index contributed by atoms with van der Waals surface area (Å²) in [4.78, 5) is 13.1.